The fourth-order valence-electron chi connectivity index (χ4n) is 1.40. The van der Waals surface area contributed by atoms with Crippen LogP contribution in [0, 0.1) is 0 Å². The third-order valence-electron chi connectivity index (χ3n) is 2.21. The molecule has 0 unspecified atom stereocenters. The zero-order chi connectivity index (χ0) is 14.6. The van der Waals surface area contributed by atoms with E-state index in [-0.39, 0.29) is 17.2 Å². The zero-order valence-electron chi connectivity index (χ0n) is 10.3. The van der Waals surface area contributed by atoms with Crippen molar-refractivity contribution in [3.8, 4) is 5.75 Å². The van der Waals surface area contributed by atoms with Crippen molar-refractivity contribution in [3.05, 3.63) is 23.8 Å². The molecule has 19 heavy (non-hydrogen) atoms. The van der Waals surface area contributed by atoms with Gasteiger partial charge in [-0.05, 0) is 25.1 Å². The number of alkyl halides is 3. The maximum atomic E-state index is 12.5. The summed E-state index contributed by atoms with van der Waals surface area (Å²) in [6.07, 6.45) is -4.92. The molecule has 0 spiro atoms. The highest BCUT2D eigenvalue weighted by atomic mass is 19.4. The Hall–Kier alpha value is -2.05. The Morgan fingerprint density at radius 3 is 2.42 bits per heavy atom. The fourth-order valence-corrected chi connectivity index (χ4v) is 1.40. The number of hydrogen-bond acceptors (Lipinski definition) is 3. The van der Waals surface area contributed by atoms with Gasteiger partial charge in [-0.15, -0.1) is 0 Å². The van der Waals surface area contributed by atoms with Gasteiger partial charge in [0.2, 0.25) is 5.91 Å². The molecule has 0 fully saturated rings. The Morgan fingerprint density at radius 2 is 1.95 bits per heavy atom. The number of Topliss-reactive ketones (excluding diaryl/α,β-unsaturated/α-hetero) is 1. The molecule has 0 aliphatic rings. The number of nitrogens with one attached hydrogen (secondary N) is 1. The van der Waals surface area contributed by atoms with Crippen LogP contribution in [0.3, 0.4) is 0 Å². The normalized spacial score (nSPS) is 11.0. The van der Waals surface area contributed by atoms with Crippen LogP contribution < -0.4 is 10.1 Å². The first kappa shape index (κ1) is 15.0. The number of ether oxygens (including phenoxy) is 1. The fraction of sp³-hybridized carbons (Fsp3) is 0.333. The average molecular weight is 275 g/mol. The van der Waals surface area contributed by atoms with Crippen molar-refractivity contribution in [2.75, 3.05) is 12.4 Å². The summed E-state index contributed by atoms with van der Waals surface area (Å²) in [7, 11) is 1.27. The Bertz CT molecular complexity index is 497. The summed E-state index contributed by atoms with van der Waals surface area (Å²) >= 11 is 0. The van der Waals surface area contributed by atoms with Gasteiger partial charge in [-0.1, -0.05) is 0 Å². The van der Waals surface area contributed by atoms with Crippen molar-refractivity contribution in [1.82, 2.24) is 0 Å². The van der Waals surface area contributed by atoms with Gasteiger partial charge in [-0.2, -0.15) is 13.2 Å². The first-order valence-corrected chi connectivity index (χ1v) is 5.28. The molecule has 0 bridgehead atoms. The lowest BCUT2D eigenvalue weighted by atomic mass is 10.1. The van der Waals surface area contributed by atoms with Gasteiger partial charge in [0.25, 0.3) is 0 Å². The predicted octanol–water partition coefficient (Wildman–Crippen LogP) is 2.63. The maximum absolute atomic E-state index is 12.5. The van der Waals surface area contributed by atoms with E-state index in [0.717, 1.165) is 18.2 Å². The molecule has 0 aromatic heterocycles. The van der Waals surface area contributed by atoms with Crippen LogP contribution in [0.5, 0.6) is 5.75 Å². The molecule has 0 saturated carbocycles. The van der Waals surface area contributed by atoms with Crippen LogP contribution in [0.2, 0.25) is 0 Å². The topological polar surface area (TPSA) is 55.4 Å². The molecule has 7 heteroatoms. The van der Waals surface area contributed by atoms with E-state index in [4.69, 9.17) is 4.74 Å². The zero-order valence-corrected chi connectivity index (χ0v) is 10.3. The number of rotatable bonds is 4. The van der Waals surface area contributed by atoms with Crippen LogP contribution in [0.1, 0.15) is 18.9 Å². The van der Waals surface area contributed by atoms with Crippen molar-refractivity contribution in [3.63, 3.8) is 0 Å². The predicted molar refractivity (Wildman–Crippen MR) is 61.9 cm³/mol. The van der Waals surface area contributed by atoms with Gasteiger partial charge >= 0.3 is 6.18 Å². The van der Waals surface area contributed by atoms with Gasteiger partial charge in [-0.3, -0.25) is 9.59 Å². The van der Waals surface area contributed by atoms with Crippen molar-refractivity contribution in [2.45, 2.75) is 19.5 Å². The Morgan fingerprint density at radius 1 is 1.32 bits per heavy atom. The van der Waals surface area contributed by atoms with Gasteiger partial charge in [-0.25, -0.2) is 0 Å². The van der Waals surface area contributed by atoms with Crippen molar-refractivity contribution in [1.29, 1.82) is 0 Å². The number of anilines is 1. The maximum Gasteiger partial charge on any atom is 0.416 e. The summed E-state index contributed by atoms with van der Waals surface area (Å²) in [6.45, 7) is 1.21. The molecule has 1 aromatic rings. The molecule has 0 heterocycles. The van der Waals surface area contributed by atoms with E-state index < -0.39 is 24.1 Å². The number of hydrogen-bond donors (Lipinski definition) is 1. The van der Waals surface area contributed by atoms with Crippen LogP contribution in [0.4, 0.5) is 18.9 Å². The smallest absolute Gasteiger partial charge is 0.416 e. The quantitative estimate of drug-likeness (QED) is 0.859. The molecule has 1 rings (SSSR count). The lowest BCUT2D eigenvalue weighted by Gasteiger charge is -2.13. The molecule has 0 atom stereocenters. The molecule has 1 N–H and O–H groups in total. The summed E-state index contributed by atoms with van der Waals surface area (Å²) in [5, 5.41) is 2.22. The molecular weight excluding hydrogens is 263 g/mol. The van der Waals surface area contributed by atoms with Gasteiger partial charge in [0.05, 0.1) is 24.8 Å². The molecular formula is C12H12F3NO3. The molecule has 0 saturated heterocycles. The standard InChI is InChI=1S/C12H12F3NO3/c1-7(17)5-11(18)16-9-6-8(12(13,14)15)3-4-10(9)19-2/h3-4,6H,5H2,1-2H3,(H,16,18). The lowest BCUT2D eigenvalue weighted by Crippen LogP contribution is -2.16. The monoisotopic (exact) mass is 275 g/mol. The van der Waals surface area contributed by atoms with Crippen LogP contribution in [-0.2, 0) is 15.8 Å². The second-order valence-electron chi connectivity index (χ2n) is 3.84. The third-order valence-corrected chi connectivity index (χ3v) is 2.21. The van der Waals surface area contributed by atoms with E-state index in [1.54, 1.807) is 0 Å². The van der Waals surface area contributed by atoms with E-state index in [2.05, 4.69) is 5.32 Å². The van der Waals surface area contributed by atoms with Gasteiger partial charge in [0.15, 0.2) is 0 Å². The summed E-state index contributed by atoms with van der Waals surface area (Å²) in [5.74, 6) is -0.988. The van der Waals surface area contributed by atoms with Crippen LogP contribution >= 0.6 is 0 Å². The second kappa shape index (κ2) is 5.73. The Balaban J connectivity index is 3.03. The van der Waals surface area contributed by atoms with E-state index in [1.165, 1.54) is 14.0 Å². The van der Waals surface area contributed by atoms with E-state index in [0.29, 0.717) is 0 Å². The minimum absolute atomic E-state index is 0.0879. The molecule has 0 aliphatic heterocycles. The van der Waals surface area contributed by atoms with Crippen LogP contribution in [0.15, 0.2) is 18.2 Å². The number of carbonyl (C=O) groups excluding carboxylic acids is 2. The van der Waals surface area contributed by atoms with E-state index >= 15 is 0 Å². The Labute approximate surface area is 107 Å². The summed E-state index contributed by atoms with van der Waals surface area (Å²) in [5.41, 5.74) is -1.03. The molecule has 104 valence electrons. The minimum atomic E-state index is -4.52. The number of ketones is 1. The molecule has 1 aromatic carbocycles. The number of amides is 1. The lowest BCUT2D eigenvalue weighted by molar-refractivity contribution is -0.137. The number of methoxy groups -OCH3 is 1. The summed E-state index contributed by atoms with van der Waals surface area (Å²) < 4.78 is 42.5. The van der Waals surface area contributed by atoms with E-state index in [9.17, 15) is 22.8 Å². The van der Waals surface area contributed by atoms with Crippen molar-refractivity contribution < 1.29 is 27.5 Å². The van der Waals surface area contributed by atoms with Gasteiger partial charge < -0.3 is 10.1 Å². The number of benzene rings is 1. The highest BCUT2D eigenvalue weighted by Gasteiger charge is 2.31. The van der Waals surface area contributed by atoms with Gasteiger partial charge in [0.1, 0.15) is 11.5 Å². The SMILES string of the molecule is COc1ccc(C(F)(F)F)cc1NC(=O)CC(C)=O. The number of halogens is 3. The molecule has 0 radical (unpaired) electrons. The second-order valence-corrected chi connectivity index (χ2v) is 3.84. The van der Waals surface area contributed by atoms with Gasteiger partial charge in [0, 0.05) is 0 Å². The largest absolute Gasteiger partial charge is 0.495 e. The van der Waals surface area contributed by atoms with Crippen molar-refractivity contribution >= 4 is 17.4 Å². The number of carbonyl (C=O) groups is 2. The highest BCUT2D eigenvalue weighted by Crippen LogP contribution is 2.34. The molecule has 1 amide bonds. The third kappa shape index (κ3) is 4.27. The molecule has 0 aliphatic carbocycles. The Kier molecular flexibility index (Phi) is 4.52. The summed E-state index contributed by atoms with van der Waals surface area (Å²) in [6, 6.07) is 2.71. The van der Waals surface area contributed by atoms with E-state index in [1.807, 2.05) is 0 Å². The minimum Gasteiger partial charge on any atom is -0.495 e. The average Bonchev–Trinajstić information content (AvgIpc) is 2.26. The molecule has 4 nitrogen and oxygen atoms in total. The van der Waals surface area contributed by atoms with Crippen LogP contribution in [0.25, 0.3) is 0 Å². The van der Waals surface area contributed by atoms with Crippen LogP contribution in [-0.4, -0.2) is 18.8 Å². The first-order valence-electron chi connectivity index (χ1n) is 5.28. The first-order chi connectivity index (χ1) is 8.74. The highest BCUT2D eigenvalue weighted by molar-refractivity contribution is 6.04. The van der Waals surface area contributed by atoms with Crippen molar-refractivity contribution in [2.24, 2.45) is 0 Å². The summed E-state index contributed by atoms with van der Waals surface area (Å²) in [4.78, 5) is 22.1.